The number of fused-ring (bicyclic) bond motifs is 2. The van der Waals surface area contributed by atoms with E-state index in [-0.39, 0.29) is 31.4 Å². The zero-order chi connectivity index (χ0) is 32.4. The highest BCUT2D eigenvalue weighted by molar-refractivity contribution is 6.42. The molecule has 0 aromatic heterocycles. The summed E-state index contributed by atoms with van der Waals surface area (Å²) in [6.45, 7) is -0.218. The molecule has 0 fully saturated rings. The first-order valence-corrected chi connectivity index (χ1v) is 15.1. The molecule has 4 aromatic rings. The van der Waals surface area contributed by atoms with Crippen LogP contribution in [-0.2, 0) is 34.0 Å². The van der Waals surface area contributed by atoms with Gasteiger partial charge in [-0.2, -0.15) is 0 Å². The molecule has 2 aliphatic rings. The predicted molar refractivity (Wildman–Crippen MR) is 170 cm³/mol. The number of nitrogens with zero attached hydrogens (tertiary/aromatic N) is 1. The van der Waals surface area contributed by atoms with Gasteiger partial charge in [0.1, 0.15) is 30.7 Å². The van der Waals surface area contributed by atoms with Crippen LogP contribution in [0.3, 0.4) is 0 Å². The van der Waals surface area contributed by atoms with Crippen LogP contribution >= 0.6 is 23.2 Å². The van der Waals surface area contributed by atoms with Crippen LogP contribution in [0.2, 0.25) is 10.0 Å². The Labute approximate surface area is 273 Å². The van der Waals surface area contributed by atoms with E-state index in [9.17, 15) is 19.2 Å². The molecule has 2 heterocycles. The highest BCUT2D eigenvalue weighted by Gasteiger charge is 2.37. The summed E-state index contributed by atoms with van der Waals surface area (Å²) in [5.41, 5.74) is 3.77. The SMILES string of the molecule is O=C(O)CNC(=O)C1Cc2cc3c(cc2CN1C(=O)c1ccccc1)OC(c1ccc(OCc2ccc(Cl)c(Cl)c2)cc1)C(=O)N3. The summed E-state index contributed by atoms with van der Waals surface area (Å²) in [5, 5.41) is 15.3. The topological polar surface area (TPSA) is 134 Å². The second-order valence-electron chi connectivity index (χ2n) is 10.8. The van der Waals surface area contributed by atoms with Crippen molar-refractivity contribution in [1.29, 1.82) is 0 Å². The summed E-state index contributed by atoms with van der Waals surface area (Å²) >= 11 is 12.1. The van der Waals surface area contributed by atoms with Gasteiger partial charge in [-0.25, -0.2) is 0 Å². The van der Waals surface area contributed by atoms with Gasteiger partial charge in [0, 0.05) is 24.1 Å². The molecule has 2 aliphatic heterocycles. The molecule has 0 radical (unpaired) electrons. The van der Waals surface area contributed by atoms with E-state index in [0.29, 0.717) is 38.4 Å². The van der Waals surface area contributed by atoms with Crippen LogP contribution in [0, 0.1) is 0 Å². The molecule has 46 heavy (non-hydrogen) atoms. The van der Waals surface area contributed by atoms with Crippen LogP contribution in [0.15, 0.2) is 84.9 Å². The van der Waals surface area contributed by atoms with Gasteiger partial charge in [-0.05, 0) is 65.2 Å². The number of benzene rings is 4. The Balaban J connectivity index is 1.21. The number of amides is 3. The van der Waals surface area contributed by atoms with E-state index >= 15 is 0 Å². The maximum Gasteiger partial charge on any atom is 0.322 e. The fourth-order valence-corrected chi connectivity index (χ4v) is 5.74. The highest BCUT2D eigenvalue weighted by Crippen LogP contribution is 2.40. The Morgan fingerprint density at radius 1 is 0.957 bits per heavy atom. The molecule has 0 bridgehead atoms. The first kappa shape index (κ1) is 30.9. The number of hydrogen-bond acceptors (Lipinski definition) is 6. The molecule has 2 atom stereocenters. The lowest BCUT2D eigenvalue weighted by atomic mass is 9.91. The van der Waals surface area contributed by atoms with Gasteiger partial charge in [-0.1, -0.05) is 59.6 Å². The number of ether oxygens (including phenoxy) is 2. The minimum Gasteiger partial charge on any atom is -0.489 e. The number of aliphatic carboxylic acids is 1. The second-order valence-corrected chi connectivity index (χ2v) is 11.7. The summed E-state index contributed by atoms with van der Waals surface area (Å²) in [5.74, 6) is -1.51. The zero-order valence-electron chi connectivity index (χ0n) is 24.2. The number of carbonyl (C=O) groups is 4. The summed E-state index contributed by atoms with van der Waals surface area (Å²) in [7, 11) is 0. The van der Waals surface area contributed by atoms with Crippen molar-refractivity contribution >= 4 is 52.6 Å². The van der Waals surface area contributed by atoms with Crippen molar-refractivity contribution in [3.05, 3.63) is 123 Å². The van der Waals surface area contributed by atoms with Crippen molar-refractivity contribution in [3.63, 3.8) is 0 Å². The standard InChI is InChI=1S/C34H27Cl2N3O7/c35-25-11-6-19(12-26(25)36)18-45-24-9-7-20(8-10-24)31-33(43)38-27-13-22-14-28(32(42)37-16-30(40)41)39(17-23(22)15-29(27)46-31)34(44)21-4-2-1-3-5-21/h1-13,15,28,31H,14,16-18H2,(H,37,42)(H,38,43)(H,40,41). The Morgan fingerprint density at radius 3 is 2.43 bits per heavy atom. The van der Waals surface area contributed by atoms with Crippen LogP contribution in [0.25, 0.3) is 0 Å². The van der Waals surface area contributed by atoms with Gasteiger partial charge in [0.05, 0.1) is 15.7 Å². The minimum atomic E-state index is -1.19. The lowest BCUT2D eigenvalue weighted by molar-refractivity contribution is -0.138. The van der Waals surface area contributed by atoms with Gasteiger partial charge in [0.25, 0.3) is 11.8 Å². The number of rotatable bonds is 8. The molecule has 3 N–H and O–H groups in total. The number of carboxylic acid groups (broad SMARTS) is 1. The third-order valence-corrected chi connectivity index (χ3v) is 8.48. The number of halogens is 2. The molecule has 12 heteroatoms. The van der Waals surface area contributed by atoms with Crippen LogP contribution in [0.4, 0.5) is 5.69 Å². The molecule has 6 rings (SSSR count). The molecule has 0 spiro atoms. The van der Waals surface area contributed by atoms with Crippen LogP contribution < -0.4 is 20.1 Å². The molecule has 4 aromatic carbocycles. The number of nitrogens with one attached hydrogen (secondary N) is 2. The summed E-state index contributed by atoms with van der Waals surface area (Å²) in [6, 6.07) is 23.4. The van der Waals surface area contributed by atoms with Gasteiger partial charge in [-0.3, -0.25) is 19.2 Å². The second kappa shape index (κ2) is 13.1. The van der Waals surface area contributed by atoms with Crippen molar-refractivity contribution in [3.8, 4) is 11.5 Å². The maximum absolute atomic E-state index is 13.5. The first-order valence-electron chi connectivity index (χ1n) is 14.3. The van der Waals surface area contributed by atoms with Crippen molar-refractivity contribution in [2.75, 3.05) is 11.9 Å². The van der Waals surface area contributed by atoms with Crippen molar-refractivity contribution < 1.29 is 33.8 Å². The molecule has 0 aliphatic carbocycles. The lowest BCUT2D eigenvalue weighted by Crippen LogP contribution is -2.53. The maximum atomic E-state index is 13.5. The van der Waals surface area contributed by atoms with Crippen LogP contribution in [0.1, 0.15) is 38.7 Å². The monoisotopic (exact) mass is 659 g/mol. The van der Waals surface area contributed by atoms with E-state index in [2.05, 4.69) is 10.6 Å². The van der Waals surface area contributed by atoms with E-state index in [0.717, 1.165) is 16.7 Å². The largest absolute Gasteiger partial charge is 0.489 e. The fraction of sp³-hybridized carbons (Fsp3) is 0.176. The third kappa shape index (κ3) is 6.63. The summed E-state index contributed by atoms with van der Waals surface area (Å²) in [4.78, 5) is 52.3. The quantitative estimate of drug-likeness (QED) is 0.230. The van der Waals surface area contributed by atoms with Crippen molar-refractivity contribution in [1.82, 2.24) is 10.2 Å². The Morgan fingerprint density at radius 2 is 1.72 bits per heavy atom. The minimum absolute atomic E-state index is 0.0777. The van der Waals surface area contributed by atoms with E-state index in [1.807, 2.05) is 6.07 Å². The number of carboxylic acids is 1. The summed E-state index contributed by atoms with van der Waals surface area (Å²) in [6.07, 6.45) is -0.815. The van der Waals surface area contributed by atoms with Crippen LogP contribution in [-0.4, -0.2) is 46.3 Å². The molecule has 0 saturated heterocycles. The van der Waals surface area contributed by atoms with Crippen molar-refractivity contribution in [2.24, 2.45) is 0 Å². The lowest BCUT2D eigenvalue weighted by Gasteiger charge is -2.37. The Bertz CT molecular complexity index is 1830. The van der Waals surface area contributed by atoms with Crippen molar-refractivity contribution in [2.45, 2.75) is 31.7 Å². The number of anilines is 1. The Kier molecular flexibility index (Phi) is 8.83. The number of hydrogen-bond donors (Lipinski definition) is 3. The molecule has 10 nitrogen and oxygen atoms in total. The number of carbonyl (C=O) groups excluding carboxylic acids is 3. The van der Waals surface area contributed by atoms with Crippen LogP contribution in [0.5, 0.6) is 11.5 Å². The molecular weight excluding hydrogens is 633 g/mol. The van der Waals surface area contributed by atoms with Gasteiger partial charge in [0.2, 0.25) is 12.0 Å². The Hall–Kier alpha value is -5.06. The van der Waals surface area contributed by atoms with E-state index in [4.69, 9.17) is 37.8 Å². The molecule has 234 valence electrons. The molecule has 0 saturated carbocycles. The van der Waals surface area contributed by atoms with Gasteiger partial charge in [0.15, 0.2) is 0 Å². The predicted octanol–water partition coefficient (Wildman–Crippen LogP) is 5.41. The molecule has 2 unspecified atom stereocenters. The van der Waals surface area contributed by atoms with E-state index in [1.54, 1.807) is 78.9 Å². The molecule has 3 amide bonds. The van der Waals surface area contributed by atoms with Gasteiger partial charge in [-0.15, -0.1) is 0 Å². The highest BCUT2D eigenvalue weighted by atomic mass is 35.5. The normalized spacial score (nSPS) is 16.7. The smallest absolute Gasteiger partial charge is 0.322 e. The van der Waals surface area contributed by atoms with E-state index < -0.39 is 30.6 Å². The summed E-state index contributed by atoms with van der Waals surface area (Å²) < 4.78 is 12.0. The third-order valence-electron chi connectivity index (χ3n) is 7.74. The zero-order valence-corrected chi connectivity index (χ0v) is 25.7. The first-order chi connectivity index (χ1) is 22.2. The average molecular weight is 661 g/mol. The fourth-order valence-electron chi connectivity index (χ4n) is 5.42. The van der Waals surface area contributed by atoms with Gasteiger partial charge < -0.3 is 30.1 Å². The van der Waals surface area contributed by atoms with Gasteiger partial charge >= 0.3 is 5.97 Å². The molecular formula is C34H27Cl2N3O7. The van der Waals surface area contributed by atoms with E-state index in [1.165, 1.54) is 4.90 Å². The average Bonchev–Trinajstić information content (AvgIpc) is 3.06.